The van der Waals surface area contributed by atoms with Crippen molar-refractivity contribution < 1.29 is 9.90 Å². The van der Waals surface area contributed by atoms with Crippen molar-refractivity contribution in [1.82, 2.24) is 9.97 Å². The third-order valence-corrected chi connectivity index (χ3v) is 3.20. The highest BCUT2D eigenvalue weighted by molar-refractivity contribution is 5.67. The molecule has 0 aromatic carbocycles. The van der Waals surface area contributed by atoms with Gasteiger partial charge in [-0.15, -0.1) is 0 Å². The summed E-state index contributed by atoms with van der Waals surface area (Å²) in [5, 5.41) is 8.69. The number of carboxylic acid groups (broad SMARTS) is 1. The molecule has 3 N–H and O–H groups in total. The molecule has 0 aliphatic heterocycles. The molecule has 17 heavy (non-hydrogen) atoms. The Hall–Kier alpha value is -1.49. The normalized spacial score (nSPS) is 18.2. The number of nitrogens with two attached hydrogens (primary N) is 1. The summed E-state index contributed by atoms with van der Waals surface area (Å²) in [7, 11) is 0. The molecule has 1 unspecified atom stereocenters. The molecule has 1 fully saturated rings. The van der Waals surface area contributed by atoms with E-state index in [-0.39, 0.29) is 6.42 Å². The van der Waals surface area contributed by atoms with E-state index in [9.17, 15) is 4.79 Å². The zero-order chi connectivity index (χ0) is 12.3. The van der Waals surface area contributed by atoms with Crippen molar-refractivity contribution in [3.05, 3.63) is 23.8 Å². The summed E-state index contributed by atoms with van der Waals surface area (Å²) in [4.78, 5) is 19.1. The molecule has 1 aliphatic carbocycles. The predicted octanol–water partition coefficient (Wildman–Crippen LogP) is 1.61. The lowest BCUT2D eigenvalue weighted by molar-refractivity contribution is -0.137. The van der Waals surface area contributed by atoms with Crippen LogP contribution in [-0.4, -0.2) is 21.0 Å². The van der Waals surface area contributed by atoms with E-state index in [0.29, 0.717) is 11.7 Å². The first-order chi connectivity index (χ1) is 8.16. The lowest BCUT2D eigenvalue weighted by Gasteiger charge is -2.12. The third kappa shape index (κ3) is 3.00. The number of aromatic nitrogens is 2. The number of hydrogen-bond donors (Lipinski definition) is 2. The Bertz CT molecular complexity index is 402. The Labute approximate surface area is 100 Å². The molecule has 1 heterocycles. The van der Waals surface area contributed by atoms with Gasteiger partial charge in [0.1, 0.15) is 5.82 Å². The number of hydrogen-bond acceptors (Lipinski definition) is 4. The number of aliphatic carboxylic acids is 1. The first-order valence-electron chi connectivity index (χ1n) is 5.97. The molecule has 92 valence electrons. The van der Waals surface area contributed by atoms with Gasteiger partial charge in [-0.25, -0.2) is 9.97 Å². The predicted molar refractivity (Wildman–Crippen MR) is 62.4 cm³/mol. The lowest BCUT2D eigenvalue weighted by Crippen LogP contribution is -2.18. The Morgan fingerprint density at radius 1 is 1.53 bits per heavy atom. The van der Waals surface area contributed by atoms with Crippen LogP contribution >= 0.6 is 0 Å². The lowest BCUT2D eigenvalue weighted by atomic mass is 10.0. The van der Waals surface area contributed by atoms with Gasteiger partial charge >= 0.3 is 5.97 Å². The minimum Gasteiger partial charge on any atom is -0.481 e. The van der Waals surface area contributed by atoms with E-state index >= 15 is 0 Å². The minimum atomic E-state index is -0.924. The van der Waals surface area contributed by atoms with Crippen LogP contribution in [0.3, 0.4) is 0 Å². The molecular weight excluding hydrogens is 218 g/mol. The zero-order valence-electron chi connectivity index (χ0n) is 9.67. The number of rotatable bonds is 4. The summed E-state index contributed by atoms with van der Waals surface area (Å²) in [5.74, 6) is 0.0120. The van der Waals surface area contributed by atoms with Gasteiger partial charge in [0, 0.05) is 17.8 Å². The average molecular weight is 235 g/mol. The third-order valence-electron chi connectivity index (χ3n) is 3.20. The van der Waals surface area contributed by atoms with Crippen molar-refractivity contribution in [3.63, 3.8) is 0 Å². The van der Waals surface area contributed by atoms with Crippen LogP contribution in [0.15, 0.2) is 12.3 Å². The van der Waals surface area contributed by atoms with Crippen molar-refractivity contribution in [2.24, 2.45) is 5.73 Å². The maximum atomic E-state index is 10.6. The van der Waals surface area contributed by atoms with Crippen LogP contribution in [0, 0.1) is 0 Å². The highest BCUT2D eigenvalue weighted by atomic mass is 16.4. The topological polar surface area (TPSA) is 89.1 Å². The maximum Gasteiger partial charge on any atom is 0.305 e. The Balaban J connectivity index is 2.12. The van der Waals surface area contributed by atoms with Crippen LogP contribution in [-0.2, 0) is 4.79 Å². The van der Waals surface area contributed by atoms with Crippen LogP contribution in [0.1, 0.15) is 55.6 Å². The van der Waals surface area contributed by atoms with E-state index < -0.39 is 12.0 Å². The van der Waals surface area contributed by atoms with E-state index in [4.69, 9.17) is 10.8 Å². The summed E-state index contributed by atoms with van der Waals surface area (Å²) in [6.07, 6.45) is 6.34. The van der Waals surface area contributed by atoms with Gasteiger partial charge in [-0.05, 0) is 18.9 Å². The van der Waals surface area contributed by atoms with Crippen molar-refractivity contribution in [1.29, 1.82) is 0 Å². The van der Waals surface area contributed by atoms with E-state index in [2.05, 4.69) is 9.97 Å². The Morgan fingerprint density at radius 2 is 2.24 bits per heavy atom. The van der Waals surface area contributed by atoms with Gasteiger partial charge in [0.25, 0.3) is 0 Å². The van der Waals surface area contributed by atoms with Gasteiger partial charge in [0.15, 0.2) is 0 Å². The summed E-state index contributed by atoms with van der Waals surface area (Å²) in [5.41, 5.74) is 6.77. The molecule has 1 aromatic rings. The molecular formula is C12H17N3O2. The molecule has 5 heteroatoms. The van der Waals surface area contributed by atoms with Crippen LogP contribution in [0.4, 0.5) is 0 Å². The van der Waals surface area contributed by atoms with E-state index in [1.807, 2.05) is 6.07 Å². The highest BCUT2D eigenvalue weighted by Crippen LogP contribution is 2.32. The first-order valence-corrected chi connectivity index (χ1v) is 5.97. The highest BCUT2D eigenvalue weighted by Gasteiger charge is 2.20. The molecule has 1 atom stereocenters. The van der Waals surface area contributed by atoms with Gasteiger partial charge in [-0.1, -0.05) is 12.8 Å². The molecule has 0 saturated heterocycles. The molecule has 0 radical (unpaired) electrons. The summed E-state index contributed by atoms with van der Waals surface area (Å²) in [6.45, 7) is 0. The van der Waals surface area contributed by atoms with Gasteiger partial charge in [-0.3, -0.25) is 4.79 Å². The number of carbonyl (C=O) groups is 1. The zero-order valence-corrected chi connectivity index (χ0v) is 9.67. The first kappa shape index (κ1) is 12.0. The second-order valence-corrected chi connectivity index (χ2v) is 4.53. The second-order valence-electron chi connectivity index (χ2n) is 4.53. The monoisotopic (exact) mass is 235 g/mol. The van der Waals surface area contributed by atoms with E-state index in [1.165, 1.54) is 12.8 Å². The molecule has 0 bridgehead atoms. The largest absolute Gasteiger partial charge is 0.481 e. The molecule has 0 spiro atoms. The molecule has 1 aliphatic rings. The van der Waals surface area contributed by atoms with Gasteiger partial charge in [0.2, 0.25) is 0 Å². The average Bonchev–Trinajstić information content (AvgIpc) is 2.82. The molecule has 1 saturated carbocycles. The van der Waals surface area contributed by atoms with Crippen LogP contribution in [0.5, 0.6) is 0 Å². The van der Waals surface area contributed by atoms with Crippen molar-refractivity contribution >= 4 is 5.97 Å². The Morgan fingerprint density at radius 3 is 2.88 bits per heavy atom. The smallest absolute Gasteiger partial charge is 0.305 e. The van der Waals surface area contributed by atoms with E-state index in [1.54, 1.807) is 6.20 Å². The van der Waals surface area contributed by atoms with Crippen molar-refractivity contribution in [2.45, 2.75) is 44.1 Å². The quantitative estimate of drug-likeness (QED) is 0.827. The van der Waals surface area contributed by atoms with Crippen LogP contribution < -0.4 is 5.73 Å². The minimum absolute atomic E-state index is 0.131. The summed E-state index contributed by atoms with van der Waals surface area (Å²) >= 11 is 0. The standard InChI is InChI=1S/C12H17N3O2/c13-9(7-11(16)17)12-14-6-5-10(15-12)8-3-1-2-4-8/h5-6,8-9H,1-4,7,13H2,(H,16,17). The second kappa shape index (κ2) is 5.23. The fourth-order valence-corrected chi connectivity index (χ4v) is 2.30. The number of carboxylic acids is 1. The molecule has 1 aromatic heterocycles. The fourth-order valence-electron chi connectivity index (χ4n) is 2.30. The Kier molecular flexibility index (Phi) is 3.68. The number of nitrogens with zero attached hydrogens (tertiary/aromatic N) is 2. The molecule has 0 amide bonds. The van der Waals surface area contributed by atoms with Gasteiger partial charge < -0.3 is 10.8 Å². The van der Waals surface area contributed by atoms with Crippen molar-refractivity contribution in [3.8, 4) is 0 Å². The van der Waals surface area contributed by atoms with Crippen LogP contribution in [0.25, 0.3) is 0 Å². The molecule has 2 rings (SSSR count). The molecule has 5 nitrogen and oxygen atoms in total. The van der Waals surface area contributed by atoms with E-state index in [0.717, 1.165) is 18.5 Å². The fraction of sp³-hybridized carbons (Fsp3) is 0.583. The maximum absolute atomic E-state index is 10.6. The summed E-state index contributed by atoms with van der Waals surface area (Å²) in [6, 6.07) is 1.29. The van der Waals surface area contributed by atoms with Gasteiger partial charge in [0.05, 0.1) is 12.5 Å². The van der Waals surface area contributed by atoms with Crippen molar-refractivity contribution in [2.75, 3.05) is 0 Å². The van der Waals surface area contributed by atoms with Gasteiger partial charge in [-0.2, -0.15) is 0 Å². The van der Waals surface area contributed by atoms with Crippen LogP contribution in [0.2, 0.25) is 0 Å². The SMILES string of the molecule is NC(CC(=O)O)c1nccc(C2CCCC2)n1. The summed E-state index contributed by atoms with van der Waals surface area (Å²) < 4.78 is 0.